The minimum atomic E-state index is -0.00977. The van der Waals surface area contributed by atoms with Gasteiger partial charge in [-0.1, -0.05) is 6.92 Å². The Morgan fingerprint density at radius 3 is 2.82 bits per heavy atom. The fourth-order valence-electron chi connectivity index (χ4n) is 1.41. The minimum Gasteiger partial charge on any atom is -0.350 e. The SMILES string of the molecule is CCCc1nc(C)c(C(=O)NCC(C)NC)s1. The second-order valence-corrected chi connectivity index (χ2v) is 5.26. The Morgan fingerprint density at radius 2 is 2.24 bits per heavy atom. The summed E-state index contributed by atoms with van der Waals surface area (Å²) in [6.07, 6.45) is 2.01. The molecular weight excluding hydrogens is 234 g/mol. The monoisotopic (exact) mass is 255 g/mol. The quantitative estimate of drug-likeness (QED) is 0.814. The van der Waals surface area contributed by atoms with E-state index in [1.165, 1.54) is 11.3 Å². The van der Waals surface area contributed by atoms with Gasteiger partial charge in [-0.2, -0.15) is 0 Å². The van der Waals surface area contributed by atoms with Crippen LogP contribution in [0.15, 0.2) is 0 Å². The average Bonchev–Trinajstić information content (AvgIpc) is 2.67. The number of rotatable bonds is 6. The van der Waals surface area contributed by atoms with Crippen LogP contribution in [0.1, 0.15) is 40.6 Å². The summed E-state index contributed by atoms with van der Waals surface area (Å²) in [5, 5.41) is 7.05. The van der Waals surface area contributed by atoms with Crippen LogP contribution in [0.25, 0.3) is 0 Å². The van der Waals surface area contributed by atoms with E-state index in [0.29, 0.717) is 6.54 Å². The van der Waals surface area contributed by atoms with Crippen molar-refractivity contribution in [2.45, 2.75) is 39.7 Å². The van der Waals surface area contributed by atoms with Crippen molar-refractivity contribution < 1.29 is 4.79 Å². The third-order valence-corrected chi connectivity index (χ3v) is 3.79. The molecule has 1 aromatic rings. The van der Waals surface area contributed by atoms with Gasteiger partial charge in [0, 0.05) is 12.6 Å². The number of carbonyl (C=O) groups is 1. The van der Waals surface area contributed by atoms with Crippen LogP contribution in [0.3, 0.4) is 0 Å². The van der Waals surface area contributed by atoms with Crippen molar-refractivity contribution in [3.63, 3.8) is 0 Å². The van der Waals surface area contributed by atoms with Crippen molar-refractivity contribution in [1.82, 2.24) is 15.6 Å². The first-order chi connectivity index (χ1) is 8.08. The number of nitrogens with zero attached hydrogens (tertiary/aromatic N) is 1. The normalized spacial score (nSPS) is 12.5. The Bertz CT molecular complexity index is 376. The highest BCUT2D eigenvalue weighted by Crippen LogP contribution is 2.19. The van der Waals surface area contributed by atoms with E-state index in [-0.39, 0.29) is 11.9 Å². The van der Waals surface area contributed by atoms with Gasteiger partial charge in [-0.3, -0.25) is 4.79 Å². The molecule has 0 saturated heterocycles. The largest absolute Gasteiger partial charge is 0.350 e. The number of aromatic nitrogens is 1. The van der Waals surface area contributed by atoms with Gasteiger partial charge in [-0.15, -0.1) is 11.3 Å². The summed E-state index contributed by atoms with van der Waals surface area (Å²) < 4.78 is 0. The van der Waals surface area contributed by atoms with Gasteiger partial charge in [-0.25, -0.2) is 4.98 Å². The van der Waals surface area contributed by atoms with Gasteiger partial charge in [0.1, 0.15) is 4.88 Å². The number of hydrogen-bond donors (Lipinski definition) is 2. The molecule has 1 unspecified atom stereocenters. The fraction of sp³-hybridized carbons (Fsp3) is 0.667. The van der Waals surface area contributed by atoms with Gasteiger partial charge in [0.15, 0.2) is 0 Å². The van der Waals surface area contributed by atoms with Crippen LogP contribution in [0, 0.1) is 6.92 Å². The van der Waals surface area contributed by atoms with Gasteiger partial charge in [-0.05, 0) is 33.7 Å². The molecule has 0 radical (unpaired) electrons. The molecule has 0 aliphatic rings. The van der Waals surface area contributed by atoms with Crippen LogP contribution in [0.4, 0.5) is 0 Å². The molecule has 1 aromatic heterocycles. The molecule has 0 bridgehead atoms. The number of aryl methyl sites for hydroxylation is 2. The van der Waals surface area contributed by atoms with Gasteiger partial charge < -0.3 is 10.6 Å². The number of thiazole rings is 1. The lowest BCUT2D eigenvalue weighted by Crippen LogP contribution is -2.37. The van der Waals surface area contributed by atoms with Gasteiger partial charge in [0.25, 0.3) is 5.91 Å². The Kier molecular flexibility index (Phi) is 5.58. The van der Waals surface area contributed by atoms with E-state index in [0.717, 1.165) is 28.4 Å². The number of amides is 1. The molecule has 2 N–H and O–H groups in total. The fourth-order valence-corrected chi connectivity index (χ4v) is 2.49. The lowest BCUT2D eigenvalue weighted by atomic mass is 10.3. The van der Waals surface area contributed by atoms with Crippen LogP contribution >= 0.6 is 11.3 Å². The molecule has 0 aromatic carbocycles. The third kappa shape index (κ3) is 4.09. The van der Waals surface area contributed by atoms with Crippen molar-refractivity contribution >= 4 is 17.2 Å². The first-order valence-electron chi connectivity index (χ1n) is 6.00. The molecule has 17 heavy (non-hydrogen) atoms. The van der Waals surface area contributed by atoms with E-state index in [9.17, 15) is 4.79 Å². The Labute approximate surface area is 107 Å². The van der Waals surface area contributed by atoms with E-state index >= 15 is 0 Å². The summed E-state index contributed by atoms with van der Waals surface area (Å²) in [5.41, 5.74) is 0.841. The predicted molar refractivity (Wildman–Crippen MR) is 71.7 cm³/mol. The van der Waals surface area contributed by atoms with Crippen molar-refractivity contribution in [3.8, 4) is 0 Å². The minimum absolute atomic E-state index is 0.00977. The van der Waals surface area contributed by atoms with Crippen LogP contribution in [-0.4, -0.2) is 30.5 Å². The third-order valence-electron chi connectivity index (χ3n) is 2.57. The molecule has 0 aliphatic heterocycles. The zero-order valence-electron chi connectivity index (χ0n) is 11.0. The maximum Gasteiger partial charge on any atom is 0.263 e. The van der Waals surface area contributed by atoms with E-state index in [1.54, 1.807) is 0 Å². The lowest BCUT2D eigenvalue weighted by Gasteiger charge is -2.10. The lowest BCUT2D eigenvalue weighted by molar-refractivity contribution is 0.0954. The maximum absolute atomic E-state index is 11.9. The van der Waals surface area contributed by atoms with E-state index in [1.807, 2.05) is 20.9 Å². The van der Waals surface area contributed by atoms with E-state index in [4.69, 9.17) is 0 Å². The Morgan fingerprint density at radius 1 is 1.53 bits per heavy atom. The van der Waals surface area contributed by atoms with Gasteiger partial charge in [0.05, 0.1) is 10.7 Å². The molecule has 1 heterocycles. The topological polar surface area (TPSA) is 54.0 Å². The zero-order valence-corrected chi connectivity index (χ0v) is 11.8. The second-order valence-electron chi connectivity index (χ2n) is 4.17. The summed E-state index contributed by atoms with van der Waals surface area (Å²) in [4.78, 5) is 17.1. The summed E-state index contributed by atoms with van der Waals surface area (Å²) >= 11 is 1.51. The molecule has 1 rings (SSSR count). The zero-order chi connectivity index (χ0) is 12.8. The number of likely N-dealkylation sites (N-methyl/N-ethyl adjacent to an activating group) is 1. The highest BCUT2D eigenvalue weighted by Gasteiger charge is 2.14. The van der Waals surface area contributed by atoms with Crippen molar-refractivity contribution in [1.29, 1.82) is 0 Å². The molecule has 0 spiro atoms. The van der Waals surface area contributed by atoms with Crippen molar-refractivity contribution in [2.24, 2.45) is 0 Å². The molecule has 0 saturated carbocycles. The summed E-state index contributed by atoms with van der Waals surface area (Å²) in [7, 11) is 1.88. The second kappa shape index (κ2) is 6.71. The Balaban J connectivity index is 2.62. The molecule has 0 fully saturated rings. The highest BCUT2D eigenvalue weighted by molar-refractivity contribution is 7.13. The van der Waals surface area contributed by atoms with Crippen LogP contribution < -0.4 is 10.6 Å². The molecule has 96 valence electrons. The van der Waals surface area contributed by atoms with Gasteiger partial charge in [0.2, 0.25) is 0 Å². The molecule has 5 heteroatoms. The summed E-state index contributed by atoms with van der Waals surface area (Å²) in [5.74, 6) is -0.00977. The number of hydrogen-bond acceptors (Lipinski definition) is 4. The molecule has 1 amide bonds. The van der Waals surface area contributed by atoms with E-state index in [2.05, 4.69) is 22.5 Å². The first kappa shape index (κ1) is 14.1. The molecule has 0 aliphatic carbocycles. The molecule has 4 nitrogen and oxygen atoms in total. The van der Waals surface area contributed by atoms with Crippen molar-refractivity contribution in [2.75, 3.05) is 13.6 Å². The summed E-state index contributed by atoms with van der Waals surface area (Å²) in [6.45, 7) is 6.68. The highest BCUT2D eigenvalue weighted by atomic mass is 32.1. The average molecular weight is 255 g/mol. The number of nitrogens with one attached hydrogen (secondary N) is 2. The van der Waals surface area contributed by atoms with Crippen molar-refractivity contribution in [3.05, 3.63) is 15.6 Å². The van der Waals surface area contributed by atoms with Crippen LogP contribution in [0.2, 0.25) is 0 Å². The maximum atomic E-state index is 11.9. The number of carbonyl (C=O) groups excluding carboxylic acids is 1. The molecular formula is C12H21N3OS. The smallest absolute Gasteiger partial charge is 0.263 e. The summed E-state index contributed by atoms with van der Waals surface area (Å²) in [6, 6.07) is 0.280. The Hall–Kier alpha value is -0.940. The first-order valence-corrected chi connectivity index (χ1v) is 6.81. The van der Waals surface area contributed by atoms with E-state index < -0.39 is 0 Å². The standard InChI is InChI=1S/C12H21N3OS/c1-5-6-10-15-9(3)11(17-10)12(16)14-7-8(2)13-4/h8,13H,5-7H2,1-4H3,(H,14,16). The van der Waals surface area contributed by atoms with Gasteiger partial charge >= 0.3 is 0 Å². The predicted octanol–water partition coefficient (Wildman–Crippen LogP) is 1.74. The van der Waals surface area contributed by atoms with Crippen LogP contribution in [-0.2, 0) is 6.42 Å². The molecule has 1 atom stereocenters. The van der Waals surface area contributed by atoms with Crippen LogP contribution in [0.5, 0.6) is 0 Å².